The van der Waals surface area contributed by atoms with E-state index in [1.54, 1.807) is 6.08 Å². The second-order valence-electron chi connectivity index (χ2n) is 2.48. The zero-order chi connectivity index (χ0) is 7.98. The lowest BCUT2D eigenvalue weighted by molar-refractivity contribution is 0.213. The summed E-state index contributed by atoms with van der Waals surface area (Å²) in [6, 6.07) is 0. The van der Waals surface area contributed by atoms with Crippen LogP contribution in [0.3, 0.4) is 0 Å². The topological polar surface area (TPSA) is 20.2 Å². The third-order valence-electron chi connectivity index (χ3n) is 1.60. The molecule has 0 aromatic carbocycles. The molecular formula is C9H16O. The average molecular weight is 140 g/mol. The fraction of sp³-hybridized carbons (Fsp3) is 0.556. The predicted octanol–water partition coefficient (Wildman–Crippen LogP) is 2.28. The highest BCUT2D eigenvalue weighted by atomic mass is 16.3. The third-order valence-corrected chi connectivity index (χ3v) is 1.60. The number of aliphatic hydroxyl groups is 1. The Balaban J connectivity index is 3.44. The van der Waals surface area contributed by atoms with Gasteiger partial charge in [-0.3, -0.25) is 0 Å². The first-order chi connectivity index (χ1) is 4.70. The lowest BCUT2D eigenvalue weighted by Gasteiger charge is -2.03. The molecule has 1 N–H and O–H groups in total. The molecule has 10 heavy (non-hydrogen) atoms. The summed E-state index contributed by atoms with van der Waals surface area (Å²) in [6.45, 7) is 7.57. The van der Waals surface area contributed by atoms with Crippen molar-refractivity contribution in [3.05, 3.63) is 24.3 Å². The molecule has 0 rings (SSSR count). The molecule has 0 heterocycles. The van der Waals surface area contributed by atoms with Crippen LogP contribution < -0.4 is 0 Å². The van der Waals surface area contributed by atoms with E-state index in [4.69, 9.17) is 5.11 Å². The molecule has 0 aromatic rings. The van der Waals surface area contributed by atoms with Gasteiger partial charge in [0.2, 0.25) is 0 Å². The first kappa shape index (κ1) is 9.44. The van der Waals surface area contributed by atoms with Gasteiger partial charge < -0.3 is 5.11 Å². The first-order valence-electron chi connectivity index (χ1n) is 3.63. The Morgan fingerprint density at radius 3 is 2.70 bits per heavy atom. The predicted molar refractivity (Wildman–Crippen MR) is 44.9 cm³/mol. The molecule has 0 bridgehead atoms. The van der Waals surface area contributed by atoms with Crippen molar-refractivity contribution in [1.29, 1.82) is 0 Å². The van der Waals surface area contributed by atoms with Gasteiger partial charge >= 0.3 is 0 Å². The molecule has 0 radical (unpaired) electrons. The van der Waals surface area contributed by atoms with Crippen LogP contribution in [0, 0.1) is 0 Å². The van der Waals surface area contributed by atoms with Crippen molar-refractivity contribution in [3.63, 3.8) is 0 Å². The highest BCUT2D eigenvalue weighted by molar-refractivity contribution is 4.96. The lowest BCUT2D eigenvalue weighted by Crippen LogP contribution is -2.00. The van der Waals surface area contributed by atoms with Crippen LogP contribution >= 0.6 is 0 Å². The van der Waals surface area contributed by atoms with Gasteiger partial charge in [-0.15, -0.1) is 6.58 Å². The molecule has 1 nitrogen and oxygen atoms in total. The van der Waals surface area contributed by atoms with Crippen molar-refractivity contribution in [2.75, 3.05) is 0 Å². The molecule has 0 saturated heterocycles. The summed E-state index contributed by atoms with van der Waals surface area (Å²) in [5, 5.41) is 9.06. The molecule has 1 atom stereocenters. The van der Waals surface area contributed by atoms with Crippen LogP contribution in [0.1, 0.15) is 26.7 Å². The molecule has 0 saturated carbocycles. The van der Waals surface area contributed by atoms with E-state index < -0.39 is 0 Å². The number of hydrogen-bond acceptors (Lipinski definition) is 1. The van der Waals surface area contributed by atoms with E-state index >= 15 is 0 Å². The van der Waals surface area contributed by atoms with E-state index in [2.05, 4.69) is 19.6 Å². The van der Waals surface area contributed by atoms with Gasteiger partial charge in [-0.25, -0.2) is 0 Å². The minimum Gasteiger partial charge on any atom is -0.389 e. The summed E-state index contributed by atoms with van der Waals surface area (Å²) < 4.78 is 0. The van der Waals surface area contributed by atoms with Crippen molar-refractivity contribution >= 4 is 0 Å². The molecule has 1 heteroatoms. The number of allylic oxidation sites excluding steroid dienone is 2. The number of aliphatic hydroxyl groups excluding tert-OH is 1. The molecule has 58 valence electrons. The van der Waals surface area contributed by atoms with Crippen molar-refractivity contribution in [2.24, 2.45) is 0 Å². The SMILES string of the molecule is C=CC(O)CC/C(C)=C/C. The molecule has 0 spiro atoms. The fourth-order valence-corrected chi connectivity index (χ4v) is 0.638. The molecular weight excluding hydrogens is 124 g/mol. The molecule has 0 aliphatic carbocycles. The Bertz CT molecular complexity index is 125. The quantitative estimate of drug-likeness (QED) is 0.594. The van der Waals surface area contributed by atoms with Crippen LogP contribution in [-0.2, 0) is 0 Å². The average Bonchev–Trinajstić information content (AvgIpc) is 1.99. The van der Waals surface area contributed by atoms with Gasteiger partial charge in [0.25, 0.3) is 0 Å². The van der Waals surface area contributed by atoms with E-state index in [0.717, 1.165) is 12.8 Å². The smallest absolute Gasteiger partial charge is 0.0721 e. The normalized spacial score (nSPS) is 14.9. The minimum atomic E-state index is -0.338. The fourth-order valence-electron chi connectivity index (χ4n) is 0.638. The van der Waals surface area contributed by atoms with Gasteiger partial charge in [-0.05, 0) is 26.7 Å². The third kappa shape index (κ3) is 4.33. The van der Waals surface area contributed by atoms with E-state index in [-0.39, 0.29) is 6.10 Å². The standard InChI is InChI=1S/C9H16O/c1-4-8(3)6-7-9(10)5-2/h4-5,9-10H,2,6-7H2,1,3H3/b8-4+. The van der Waals surface area contributed by atoms with Gasteiger partial charge in [0.05, 0.1) is 6.10 Å². The van der Waals surface area contributed by atoms with Crippen LogP contribution in [0.25, 0.3) is 0 Å². The Morgan fingerprint density at radius 1 is 1.70 bits per heavy atom. The zero-order valence-corrected chi connectivity index (χ0v) is 6.80. The van der Waals surface area contributed by atoms with Crippen LogP contribution in [0.5, 0.6) is 0 Å². The summed E-state index contributed by atoms with van der Waals surface area (Å²) in [4.78, 5) is 0. The highest BCUT2D eigenvalue weighted by Crippen LogP contribution is 2.06. The molecule has 0 fully saturated rings. The van der Waals surface area contributed by atoms with Crippen molar-refractivity contribution < 1.29 is 5.11 Å². The Hall–Kier alpha value is -0.560. The Morgan fingerprint density at radius 2 is 2.30 bits per heavy atom. The second-order valence-corrected chi connectivity index (χ2v) is 2.48. The Labute approximate surface area is 63.1 Å². The molecule has 0 aliphatic rings. The van der Waals surface area contributed by atoms with Gasteiger partial charge in [-0.1, -0.05) is 17.7 Å². The summed E-state index contributed by atoms with van der Waals surface area (Å²) in [5.74, 6) is 0. The van der Waals surface area contributed by atoms with E-state index in [0.29, 0.717) is 0 Å². The Kier molecular flexibility index (Phi) is 4.95. The van der Waals surface area contributed by atoms with Crippen molar-refractivity contribution in [2.45, 2.75) is 32.8 Å². The minimum absolute atomic E-state index is 0.338. The molecule has 0 aromatic heterocycles. The number of rotatable bonds is 4. The van der Waals surface area contributed by atoms with Gasteiger partial charge in [0.1, 0.15) is 0 Å². The maximum atomic E-state index is 9.06. The van der Waals surface area contributed by atoms with Gasteiger partial charge in [0.15, 0.2) is 0 Å². The summed E-state index contributed by atoms with van der Waals surface area (Å²) in [7, 11) is 0. The maximum absolute atomic E-state index is 9.06. The number of hydrogen-bond donors (Lipinski definition) is 1. The summed E-state index contributed by atoms with van der Waals surface area (Å²) in [6.07, 6.45) is 5.05. The van der Waals surface area contributed by atoms with Crippen LogP contribution in [0.2, 0.25) is 0 Å². The first-order valence-corrected chi connectivity index (χ1v) is 3.63. The summed E-state index contributed by atoms with van der Waals surface area (Å²) >= 11 is 0. The molecule has 0 amide bonds. The van der Waals surface area contributed by atoms with Gasteiger partial charge in [0, 0.05) is 0 Å². The molecule has 1 unspecified atom stereocenters. The van der Waals surface area contributed by atoms with E-state index in [1.807, 2.05) is 6.92 Å². The second kappa shape index (κ2) is 5.24. The van der Waals surface area contributed by atoms with Gasteiger partial charge in [-0.2, -0.15) is 0 Å². The lowest BCUT2D eigenvalue weighted by atomic mass is 10.1. The largest absolute Gasteiger partial charge is 0.389 e. The highest BCUT2D eigenvalue weighted by Gasteiger charge is 1.96. The van der Waals surface area contributed by atoms with Crippen LogP contribution in [0.15, 0.2) is 24.3 Å². The maximum Gasteiger partial charge on any atom is 0.0721 e. The monoisotopic (exact) mass is 140 g/mol. The van der Waals surface area contributed by atoms with Crippen molar-refractivity contribution in [3.8, 4) is 0 Å². The van der Waals surface area contributed by atoms with Crippen LogP contribution in [-0.4, -0.2) is 11.2 Å². The zero-order valence-electron chi connectivity index (χ0n) is 6.80. The molecule has 0 aliphatic heterocycles. The van der Waals surface area contributed by atoms with Crippen LogP contribution in [0.4, 0.5) is 0 Å². The van der Waals surface area contributed by atoms with Crippen molar-refractivity contribution in [1.82, 2.24) is 0 Å². The summed E-state index contributed by atoms with van der Waals surface area (Å²) in [5.41, 5.74) is 1.32. The van der Waals surface area contributed by atoms with E-state index in [9.17, 15) is 0 Å². The van der Waals surface area contributed by atoms with E-state index in [1.165, 1.54) is 5.57 Å².